The molecule has 3 aliphatic rings. The molecule has 0 aromatic carbocycles. The van der Waals surface area contributed by atoms with Crippen LogP contribution in [0.1, 0.15) is 6.92 Å². The number of aromatic amines is 1. The number of aromatic nitrogens is 4. The number of ether oxygens (including phenoxy) is 4. The van der Waals surface area contributed by atoms with Crippen LogP contribution in [0.4, 0.5) is 5.82 Å². The number of nitrogens with zero attached hydrogens (tertiary/aromatic N) is 5. The van der Waals surface area contributed by atoms with Gasteiger partial charge in [0.05, 0.1) is 42.1 Å². The second-order valence-corrected chi connectivity index (χ2v) is 9.61. The van der Waals surface area contributed by atoms with Gasteiger partial charge in [-0.25, -0.2) is 4.98 Å². The predicted molar refractivity (Wildman–Crippen MR) is 133 cm³/mol. The zero-order valence-corrected chi connectivity index (χ0v) is 20.9. The fourth-order valence-electron chi connectivity index (χ4n) is 5.06. The molecule has 6 heterocycles. The summed E-state index contributed by atoms with van der Waals surface area (Å²) >= 11 is 6.64. The molecule has 36 heavy (non-hydrogen) atoms. The van der Waals surface area contributed by atoms with Crippen molar-refractivity contribution in [2.45, 2.75) is 31.3 Å². The van der Waals surface area contributed by atoms with Crippen LogP contribution in [-0.4, -0.2) is 107 Å². The summed E-state index contributed by atoms with van der Waals surface area (Å²) in [6.07, 6.45) is -1.73. The van der Waals surface area contributed by atoms with Crippen molar-refractivity contribution >= 4 is 28.6 Å². The number of pyridine rings is 2. The molecule has 3 saturated heterocycles. The molecule has 3 fully saturated rings. The Bertz CT molecular complexity index is 1250. The van der Waals surface area contributed by atoms with Crippen LogP contribution < -0.4 is 14.4 Å². The second kappa shape index (κ2) is 9.64. The fourth-order valence-corrected chi connectivity index (χ4v) is 5.32. The number of nitrogens with one attached hydrogen (secondary N) is 1. The average Bonchev–Trinajstić information content (AvgIpc) is 3.59. The van der Waals surface area contributed by atoms with Crippen LogP contribution in [0.3, 0.4) is 0 Å². The number of halogens is 1. The van der Waals surface area contributed by atoms with Gasteiger partial charge in [-0.05, 0) is 24.7 Å². The Morgan fingerprint density at radius 2 is 1.92 bits per heavy atom. The third kappa shape index (κ3) is 4.24. The maximum absolute atomic E-state index is 9.95. The number of aliphatic hydroxyl groups is 1. The van der Waals surface area contributed by atoms with Crippen LogP contribution in [0.15, 0.2) is 18.2 Å². The molecule has 4 atom stereocenters. The fraction of sp³-hybridized carbons (Fsp3) is 0.542. The Hall–Kier alpha value is -2.70. The normalized spacial score (nSPS) is 26.5. The number of fused-ring (bicyclic) bond motifs is 2. The van der Waals surface area contributed by atoms with Crippen molar-refractivity contribution in [2.75, 3.05) is 57.9 Å². The highest BCUT2D eigenvalue weighted by molar-refractivity contribution is 6.33. The van der Waals surface area contributed by atoms with Crippen molar-refractivity contribution in [2.24, 2.45) is 0 Å². The summed E-state index contributed by atoms with van der Waals surface area (Å²) in [5.74, 6) is 1.33. The van der Waals surface area contributed by atoms with Gasteiger partial charge < -0.3 is 38.8 Å². The van der Waals surface area contributed by atoms with Gasteiger partial charge in [0, 0.05) is 26.2 Å². The van der Waals surface area contributed by atoms with Gasteiger partial charge in [-0.15, -0.1) is 0 Å². The Balaban J connectivity index is 1.25. The molecule has 0 bridgehead atoms. The third-order valence-corrected chi connectivity index (χ3v) is 7.38. The van der Waals surface area contributed by atoms with E-state index in [0.717, 1.165) is 38.5 Å². The van der Waals surface area contributed by atoms with Crippen molar-refractivity contribution in [3.8, 4) is 23.1 Å². The van der Waals surface area contributed by atoms with Crippen LogP contribution in [0.2, 0.25) is 5.02 Å². The van der Waals surface area contributed by atoms with Gasteiger partial charge in [-0.3, -0.25) is 0 Å². The molecule has 3 aliphatic heterocycles. The molecule has 0 spiro atoms. The third-order valence-electron chi connectivity index (χ3n) is 7.09. The number of imidazole rings is 1. The van der Waals surface area contributed by atoms with Gasteiger partial charge in [0.25, 0.3) is 6.01 Å². The SMILES string of the molecule is CCN1CCN(c2ccc(-c3nc4nc(O[C@@H]5CO[C@H]6[C@@H]5OC[C@H]6O)[nH]c4cc3Cl)c(OC)n2)CC1. The summed E-state index contributed by atoms with van der Waals surface area (Å²) < 4.78 is 22.9. The van der Waals surface area contributed by atoms with Gasteiger partial charge in [0.1, 0.15) is 24.1 Å². The number of H-pyrrole nitrogens is 1. The quantitative estimate of drug-likeness (QED) is 0.501. The summed E-state index contributed by atoms with van der Waals surface area (Å²) in [6.45, 7) is 7.65. The van der Waals surface area contributed by atoms with Crippen LogP contribution in [0.5, 0.6) is 11.9 Å². The number of anilines is 1. The Labute approximate surface area is 213 Å². The standard InChI is InChI=1S/C24H29ClN6O5/c1-3-30-6-8-31(9-7-30)18-5-4-13(23(27-18)33-2)19-14(25)10-15-22(28-19)29-24(26-15)36-17-12-35-20-16(32)11-34-21(17)20/h4-5,10,16-17,20-21,32H,3,6-9,11-12H2,1-2H3,(H,26,28,29)/t16-,17-,20-,21-/m1/s1. The molecule has 2 N–H and O–H groups in total. The van der Waals surface area contributed by atoms with E-state index >= 15 is 0 Å². The summed E-state index contributed by atoms with van der Waals surface area (Å²) in [5, 5.41) is 10.4. The maximum atomic E-state index is 9.95. The maximum Gasteiger partial charge on any atom is 0.296 e. The van der Waals surface area contributed by atoms with Crippen LogP contribution in [0.25, 0.3) is 22.4 Å². The monoisotopic (exact) mass is 516 g/mol. The van der Waals surface area contributed by atoms with Gasteiger partial charge in [-0.2, -0.15) is 9.97 Å². The minimum atomic E-state index is -0.641. The lowest BCUT2D eigenvalue weighted by atomic mass is 10.1. The van der Waals surface area contributed by atoms with E-state index in [1.165, 1.54) is 0 Å². The van der Waals surface area contributed by atoms with E-state index in [1.807, 2.05) is 12.1 Å². The van der Waals surface area contributed by atoms with E-state index < -0.39 is 6.10 Å². The van der Waals surface area contributed by atoms with Crippen LogP contribution >= 0.6 is 11.6 Å². The Kier molecular flexibility index (Phi) is 6.34. The molecule has 6 rings (SSSR count). The summed E-state index contributed by atoms with van der Waals surface area (Å²) in [7, 11) is 1.59. The van der Waals surface area contributed by atoms with Gasteiger partial charge in [0.2, 0.25) is 5.88 Å². The molecule has 0 radical (unpaired) electrons. The Morgan fingerprint density at radius 1 is 1.11 bits per heavy atom. The van der Waals surface area contributed by atoms with E-state index in [0.29, 0.717) is 39.9 Å². The smallest absolute Gasteiger partial charge is 0.296 e. The molecule has 192 valence electrons. The second-order valence-electron chi connectivity index (χ2n) is 9.20. The highest BCUT2D eigenvalue weighted by atomic mass is 35.5. The first kappa shape index (κ1) is 23.7. The molecule has 0 unspecified atom stereocenters. The zero-order valence-electron chi connectivity index (χ0n) is 20.2. The summed E-state index contributed by atoms with van der Waals surface area (Å²) in [4.78, 5) is 21.8. The molecule has 0 saturated carbocycles. The van der Waals surface area contributed by atoms with Gasteiger partial charge in [-0.1, -0.05) is 18.5 Å². The van der Waals surface area contributed by atoms with E-state index in [9.17, 15) is 5.11 Å². The molecule has 0 amide bonds. The zero-order chi connectivity index (χ0) is 24.8. The minimum absolute atomic E-state index is 0.236. The number of rotatable bonds is 6. The van der Waals surface area contributed by atoms with Crippen LogP contribution in [0, 0.1) is 0 Å². The van der Waals surface area contributed by atoms with Crippen molar-refractivity contribution < 1.29 is 24.1 Å². The van der Waals surface area contributed by atoms with E-state index in [2.05, 4.69) is 26.7 Å². The van der Waals surface area contributed by atoms with Gasteiger partial charge in [0.15, 0.2) is 11.8 Å². The lowest BCUT2D eigenvalue weighted by Gasteiger charge is -2.34. The topological polar surface area (TPSA) is 118 Å². The highest BCUT2D eigenvalue weighted by Crippen LogP contribution is 2.36. The molecular formula is C24H29ClN6O5. The lowest BCUT2D eigenvalue weighted by molar-refractivity contribution is 0.00706. The number of hydrogen-bond acceptors (Lipinski definition) is 10. The number of aliphatic hydroxyl groups excluding tert-OH is 1. The Morgan fingerprint density at radius 3 is 2.69 bits per heavy atom. The molecule has 3 aromatic rings. The first-order valence-electron chi connectivity index (χ1n) is 12.2. The average molecular weight is 517 g/mol. The number of likely N-dealkylation sites (N-methyl/N-ethyl adjacent to an activating group) is 1. The first-order chi connectivity index (χ1) is 17.5. The summed E-state index contributed by atoms with van der Waals surface area (Å²) in [5.41, 5.74) is 2.31. The van der Waals surface area contributed by atoms with Crippen molar-refractivity contribution in [3.05, 3.63) is 23.2 Å². The molecule has 12 heteroatoms. The van der Waals surface area contributed by atoms with E-state index in [1.54, 1.807) is 13.2 Å². The highest BCUT2D eigenvalue weighted by Gasteiger charge is 2.48. The lowest BCUT2D eigenvalue weighted by Crippen LogP contribution is -2.46. The van der Waals surface area contributed by atoms with Crippen molar-refractivity contribution in [1.82, 2.24) is 24.8 Å². The molecule has 11 nitrogen and oxygen atoms in total. The number of piperazine rings is 1. The van der Waals surface area contributed by atoms with E-state index in [-0.39, 0.29) is 30.9 Å². The van der Waals surface area contributed by atoms with E-state index in [4.69, 9.17) is 40.5 Å². The molecular weight excluding hydrogens is 488 g/mol. The predicted octanol–water partition coefficient (Wildman–Crippen LogP) is 1.73. The van der Waals surface area contributed by atoms with Gasteiger partial charge >= 0.3 is 0 Å². The molecule has 0 aliphatic carbocycles. The summed E-state index contributed by atoms with van der Waals surface area (Å²) in [6, 6.07) is 5.97. The van der Waals surface area contributed by atoms with Crippen molar-refractivity contribution in [3.63, 3.8) is 0 Å². The first-order valence-corrected chi connectivity index (χ1v) is 12.6. The largest absolute Gasteiger partial charge is 0.480 e. The number of methoxy groups -OCH3 is 1. The van der Waals surface area contributed by atoms with Crippen LogP contribution in [-0.2, 0) is 9.47 Å². The minimum Gasteiger partial charge on any atom is -0.480 e. The van der Waals surface area contributed by atoms with Crippen molar-refractivity contribution in [1.29, 1.82) is 0 Å². The molecule has 3 aromatic heterocycles. The number of hydrogen-bond donors (Lipinski definition) is 2.